The molecule has 1 heterocycles. The Morgan fingerprint density at radius 2 is 1.72 bits per heavy atom. The molecule has 0 bridgehead atoms. The Kier molecular flexibility index (Phi) is 6.23. The third-order valence-electron chi connectivity index (χ3n) is 4.71. The van der Waals surface area contributed by atoms with Gasteiger partial charge in [0.2, 0.25) is 0 Å². The number of benzene rings is 3. The minimum Gasteiger partial charge on any atom is -0.484 e. The number of hydrogen-bond donors (Lipinski definition) is 1. The van der Waals surface area contributed by atoms with Crippen molar-refractivity contribution in [3.63, 3.8) is 0 Å². The van der Waals surface area contributed by atoms with Gasteiger partial charge in [0, 0.05) is 23.1 Å². The molecule has 32 heavy (non-hydrogen) atoms. The van der Waals surface area contributed by atoms with E-state index in [2.05, 4.69) is 34.6 Å². The van der Waals surface area contributed by atoms with E-state index in [1.807, 2.05) is 31.2 Å². The lowest BCUT2D eigenvalue weighted by atomic mass is 10.0. The Morgan fingerprint density at radius 3 is 2.41 bits per heavy atom. The molecule has 0 fully saturated rings. The molecule has 3 aromatic carbocycles. The van der Waals surface area contributed by atoms with Gasteiger partial charge < -0.3 is 4.74 Å². The van der Waals surface area contributed by atoms with Gasteiger partial charge in [0.05, 0.1) is 10.6 Å². The number of anilines is 1. The first-order valence-electron chi connectivity index (χ1n) is 9.78. The van der Waals surface area contributed by atoms with Crippen molar-refractivity contribution in [3.8, 4) is 28.1 Å². The average Bonchev–Trinajstić information content (AvgIpc) is 3.27. The van der Waals surface area contributed by atoms with Crippen molar-refractivity contribution in [1.82, 2.24) is 4.98 Å². The predicted octanol–water partition coefficient (Wildman–Crippen LogP) is 5.71. The summed E-state index contributed by atoms with van der Waals surface area (Å²) in [6, 6.07) is 22.0. The summed E-state index contributed by atoms with van der Waals surface area (Å²) >= 11 is 1.24. The summed E-state index contributed by atoms with van der Waals surface area (Å²) < 4.78 is 5.57. The molecule has 0 aliphatic carbocycles. The van der Waals surface area contributed by atoms with E-state index in [-0.39, 0.29) is 18.2 Å². The Hall–Kier alpha value is -4.04. The monoisotopic (exact) mass is 445 g/mol. The lowest BCUT2D eigenvalue weighted by Gasteiger charge is -2.07. The fraction of sp³-hybridized carbons (Fsp3) is 0.0833. The largest absolute Gasteiger partial charge is 0.484 e. The van der Waals surface area contributed by atoms with Crippen molar-refractivity contribution in [2.24, 2.45) is 0 Å². The molecule has 0 aliphatic rings. The molecule has 0 saturated carbocycles. The standard InChI is InChI=1S/C24H19N3O4S/c1-16-5-7-17(8-6-16)18-9-11-21(12-10-18)31-14-23(28)26-24-25-22(15-32-24)19-3-2-4-20(13-19)27(29)30/h2-13,15H,14H2,1H3,(H,25,26,28). The van der Waals surface area contributed by atoms with Gasteiger partial charge in [-0.15, -0.1) is 11.3 Å². The van der Waals surface area contributed by atoms with Crippen molar-refractivity contribution in [1.29, 1.82) is 0 Å². The number of nitrogens with zero attached hydrogens (tertiary/aromatic N) is 2. The van der Waals surface area contributed by atoms with Gasteiger partial charge in [-0.25, -0.2) is 4.98 Å². The van der Waals surface area contributed by atoms with Crippen LogP contribution in [0.15, 0.2) is 78.2 Å². The number of hydrogen-bond acceptors (Lipinski definition) is 6. The maximum Gasteiger partial charge on any atom is 0.270 e. The molecule has 160 valence electrons. The Labute approximate surface area is 188 Å². The van der Waals surface area contributed by atoms with Crippen LogP contribution in [0.4, 0.5) is 10.8 Å². The minimum atomic E-state index is -0.455. The molecule has 1 aromatic heterocycles. The van der Waals surface area contributed by atoms with E-state index in [1.165, 1.54) is 29.0 Å². The Morgan fingerprint density at radius 1 is 1.03 bits per heavy atom. The van der Waals surface area contributed by atoms with E-state index in [0.29, 0.717) is 22.1 Å². The lowest BCUT2D eigenvalue weighted by Crippen LogP contribution is -2.20. The number of nitro benzene ring substituents is 1. The van der Waals surface area contributed by atoms with Crippen LogP contribution in [0.3, 0.4) is 0 Å². The average molecular weight is 446 g/mol. The topological polar surface area (TPSA) is 94.4 Å². The summed E-state index contributed by atoms with van der Waals surface area (Å²) in [7, 11) is 0. The van der Waals surface area contributed by atoms with Gasteiger partial charge in [-0.2, -0.15) is 0 Å². The number of carbonyl (C=O) groups is 1. The number of carbonyl (C=O) groups excluding carboxylic acids is 1. The molecule has 0 unspecified atom stereocenters. The van der Waals surface area contributed by atoms with E-state index >= 15 is 0 Å². The third-order valence-corrected chi connectivity index (χ3v) is 5.47. The molecule has 8 heteroatoms. The molecule has 1 amide bonds. The Balaban J connectivity index is 1.33. The molecule has 4 rings (SSSR count). The minimum absolute atomic E-state index is 0.0112. The van der Waals surface area contributed by atoms with Crippen LogP contribution in [0.1, 0.15) is 5.56 Å². The highest BCUT2D eigenvalue weighted by atomic mass is 32.1. The van der Waals surface area contributed by atoms with E-state index < -0.39 is 4.92 Å². The molecule has 1 N–H and O–H groups in total. The van der Waals surface area contributed by atoms with E-state index in [0.717, 1.165) is 11.1 Å². The van der Waals surface area contributed by atoms with Gasteiger partial charge in [-0.1, -0.05) is 54.1 Å². The summed E-state index contributed by atoms with van der Waals surface area (Å²) in [6.07, 6.45) is 0. The van der Waals surface area contributed by atoms with Gasteiger partial charge in [-0.05, 0) is 30.2 Å². The predicted molar refractivity (Wildman–Crippen MR) is 125 cm³/mol. The maximum absolute atomic E-state index is 12.2. The number of thiazole rings is 1. The van der Waals surface area contributed by atoms with Crippen LogP contribution in [0, 0.1) is 17.0 Å². The summed E-state index contributed by atoms with van der Waals surface area (Å²) in [6.45, 7) is 1.89. The number of ether oxygens (including phenoxy) is 1. The van der Waals surface area contributed by atoms with E-state index in [1.54, 1.807) is 17.5 Å². The number of aromatic nitrogens is 1. The number of amides is 1. The summed E-state index contributed by atoms with van der Waals surface area (Å²) in [5.41, 5.74) is 4.55. The molecular weight excluding hydrogens is 426 g/mol. The number of non-ortho nitro benzene ring substituents is 1. The molecule has 4 aromatic rings. The fourth-order valence-corrected chi connectivity index (χ4v) is 3.77. The SMILES string of the molecule is Cc1ccc(-c2ccc(OCC(=O)Nc3nc(-c4cccc([N+](=O)[O-])c4)cs3)cc2)cc1. The van der Waals surface area contributed by atoms with Gasteiger partial charge in [0.1, 0.15) is 5.75 Å². The lowest BCUT2D eigenvalue weighted by molar-refractivity contribution is -0.384. The molecular formula is C24H19N3O4S. The second-order valence-electron chi connectivity index (χ2n) is 7.07. The smallest absolute Gasteiger partial charge is 0.270 e. The van der Waals surface area contributed by atoms with Crippen molar-refractivity contribution < 1.29 is 14.5 Å². The van der Waals surface area contributed by atoms with Crippen molar-refractivity contribution >= 4 is 28.1 Å². The summed E-state index contributed by atoms with van der Waals surface area (Å²) in [5, 5.41) is 15.8. The molecule has 0 saturated heterocycles. The zero-order valence-electron chi connectivity index (χ0n) is 17.1. The normalized spacial score (nSPS) is 10.5. The fourth-order valence-electron chi connectivity index (χ4n) is 3.04. The second-order valence-corrected chi connectivity index (χ2v) is 7.93. The molecule has 0 atom stereocenters. The van der Waals surface area contributed by atoms with Crippen molar-refractivity contribution in [2.45, 2.75) is 6.92 Å². The van der Waals surface area contributed by atoms with Gasteiger partial charge in [-0.3, -0.25) is 20.2 Å². The van der Waals surface area contributed by atoms with Gasteiger partial charge in [0.15, 0.2) is 11.7 Å². The van der Waals surface area contributed by atoms with Gasteiger partial charge in [0.25, 0.3) is 11.6 Å². The van der Waals surface area contributed by atoms with Crippen LogP contribution in [0.2, 0.25) is 0 Å². The maximum atomic E-state index is 12.2. The van der Waals surface area contributed by atoms with Crippen LogP contribution >= 0.6 is 11.3 Å². The van der Waals surface area contributed by atoms with Crippen LogP contribution in [-0.2, 0) is 4.79 Å². The number of nitro groups is 1. The van der Waals surface area contributed by atoms with Crippen LogP contribution in [0.5, 0.6) is 5.75 Å². The third kappa shape index (κ3) is 5.16. The van der Waals surface area contributed by atoms with Crippen LogP contribution < -0.4 is 10.1 Å². The van der Waals surface area contributed by atoms with Crippen molar-refractivity contribution in [2.75, 3.05) is 11.9 Å². The molecule has 7 nitrogen and oxygen atoms in total. The number of aryl methyl sites for hydroxylation is 1. The van der Waals surface area contributed by atoms with E-state index in [9.17, 15) is 14.9 Å². The zero-order valence-corrected chi connectivity index (χ0v) is 18.0. The van der Waals surface area contributed by atoms with Crippen molar-refractivity contribution in [3.05, 3.63) is 93.9 Å². The quantitative estimate of drug-likeness (QED) is 0.290. The van der Waals surface area contributed by atoms with Gasteiger partial charge >= 0.3 is 0 Å². The number of rotatable bonds is 7. The van der Waals surface area contributed by atoms with Crippen LogP contribution in [-0.4, -0.2) is 22.4 Å². The molecule has 0 aliphatic heterocycles. The zero-order chi connectivity index (χ0) is 22.5. The summed E-state index contributed by atoms with van der Waals surface area (Å²) in [5.74, 6) is 0.250. The first-order chi connectivity index (χ1) is 15.5. The first kappa shape index (κ1) is 21.2. The number of nitrogens with one attached hydrogen (secondary N) is 1. The summed E-state index contributed by atoms with van der Waals surface area (Å²) in [4.78, 5) is 27.1. The van der Waals surface area contributed by atoms with Crippen LogP contribution in [0.25, 0.3) is 22.4 Å². The molecule has 0 spiro atoms. The van der Waals surface area contributed by atoms with E-state index in [4.69, 9.17) is 4.74 Å². The Bertz CT molecular complexity index is 1250. The highest BCUT2D eigenvalue weighted by Crippen LogP contribution is 2.27. The molecule has 0 radical (unpaired) electrons. The highest BCUT2D eigenvalue weighted by molar-refractivity contribution is 7.14. The highest BCUT2D eigenvalue weighted by Gasteiger charge is 2.12. The second kappa shape index (κ2) is 9.40. The first-order valence-corrected chi connectivity index (χ1v) is 10.7.